The Labute approximate surface area is 205 Å². The summed E-state index contributed by atoms with van der Waals surface area (Å²) in [6.45, 7) is 0. The van der Waals surface area contributed by atoms with Crippen LogP contribution in [-0.2, 0) is 11.2 Å². The van der Waals surface area contributed by atoms with Crippen LogP contribution >= 0.6 is 0 Å². The molecule has 0 radical (unpaired) electrons. The van der Waals surface area contributed by atoms with E-state index in [9.17, 15) is 14.6 Å². The standard InChI is InChI=1S/C26H27FN6O3/c27-17-9-14-2-1-12(8-18(14)32-22(17)28)7-15-5-6-26(35)20(34)25(36-21(15)26)33-10-16(13-3-4-13)19-23(29)30-11-31-24(19)33/h1-2,8-11,13,15,20-21,25,34-35H,3-7H2,(H2,28,32)(H2,29,30,31)/t15-,20-,21+,25+,26-/m0/s1. The molecule has 2 saturated carbocycles. The highest BCUT2D eigenvalue weighted by Crippen LogP contribution is 2.52. The molecule has 36 heavy (non-hydrogen) atoms. The number of aromatic nitrogens is 4. The van der Waals surface area contributed by atoms with Gasteiger partial charge in [-0.1, -0.05) is 12.1 Å². The molecule has 0 bridgehead atoms. The first-order chi connectivity index (χ1) is 17.3. The molecule has 10 heteroatoms. The molecule has 3 fully saturated rings. The van der Waals surface area contributed by atoms with Gasteiger partial charge >= 0.3 is 0 Å². The molecule has 2 aliphatic carbocycles. The van der Waals surface area contributed by atoms with Gasteiger partial charge in [0.25, 0.3) is 0 Å². The Morgan fingerprint density at radius 1 is 1.14 bits per heavy atom. The predicted octanol–water partition coefficient (Wildman–Crippen LogP) is 2.80. The molecule has 4 heterocycles. The quantitative estimate of drug-likeness (QED) is 0.342. The average Bonchev–Trinajstić information content (AvgIpc) is 3.49. The van der Waals surface area contributed by atoms with E-state index in [2.05, 4.69) is 15.0 Å². The van der Waals surface area contributed by atoms with E-state index in [1.807, 2.05) is 29.0 Å². The summed E-state index contributed by atoms with van der Waals surface area (Å²) in [4.78, 5) is 12.8. The first-order valence-electron chi connectivity index (χ1n) is 12.3. The number of ether oxygens (including phenoxy) is 1. The number of pyridine rings is 1. The lowest BCUT2D eigenvalue weighted by molar-refractivity contribution is -0.0675. The number of hydrogen-bond donors (Lipinski definition) is 4. The fraction of sp³-hybridized carbons (Fsp3) is 0.423. The molecular formula is C26H27FN6O3. The second-order valence-electron chi connectivity index (χ2n) is 10.5. The predicted molar refractivity (Wildman–Crippen MR) is 131 cm³/mol. The van der Waals surface area contributed by atoms with Crippen molar-refractivity contribution in [1.29, 1.82) is 0 Å². The molecular weight excluding hydrogens is 463 g/mol. The monoisotopic (exact) mass is 490 g/mol. The summed E-state index contributed by atoms with van der Waals surface area (Å²) in [6.07, 6.45) is 4.82. The van der Waals surface area contributed by atoms with Crippen molar-refractivity contribution in [1.82, 2.24) is 19.5 Å². The van der Waals surface area contributed by atoms with Gasteiger partial charge in [-0.25, -0.2) is 19.3 Å². The summed E-state index contributed by atoms with van der Waals surface area (Å²) in [5, 5.41) is 24.3. The molecule has 6 N–H and O–H groups in total. The van der Waals surface area contributed by atoms with Gasteiger partial charge in [0, 0.05) is 11.6 Å². The molecule has 1 aromatic carbocycles. The van der Waals surface area contributed by atoms with Crippen LogP contribution in [0, 0.1) is 11.7 Å². The van der Waals surface area contributed by atoms with Crippen LogP contribution in [0.15, 0.2) is 36.8 Å². The third-order valence-electron chi connectivity index (χ3n) is 8.22. The van der Waals surface area contributed by atoms with Gasteiger partial charge in [-0.3, -0.25) is 0 Å². The molecule has 1 aliphatic heterocycles. The van der Waals surface area contributed by atoms with Crippen molar-refractivity contribution in [3.8, 4) is 0 Å². The lowest BCUT2D eigenvalue weighted by Gasteiger charge is -2.26. The summed E-state index contributed by atoms with van der Waals surface area (Å²) in [5.74, 6) is 0.128. The maximum absolute atomic E-state index is 13.8. The molecule has 3 aromatic heterocycles. The van der Waals surface area contributed by atoms with Gasteiger partial charge in [0.2, 0.25) is 0 Å². The van der Waals surface area contributed by atoms with Gasteiger partial charge in [-0.2, -0.15) is 0 Å². The first kappa shape index (κ1) is 21.9. The molecule has 0 unspecified atom stereocenters. The summed E-state index contributed by atoms with van der Waals surface area (Å²) in [6, 6.07) is 7.03. The van der Waals surface area contributed by atoms with Crippen LogP contribution in [0.2, 0.25) is 0 Å². The Kier molecular flexibility index (Phi) is 4.61. The highest BCUT2D eigenvalue weighted by molar-refractivity contribution is 5.90. The molecule has 3 aliphatic rings. The first-order valence-corrected chi connectivity index (χ1v) is 12.3. The van der Waals surface area contributed by atoms with Crippen LogP contribution in [0.5, 0.6) is 0 Å². The maximum atomic E-state index is 13.8. The Morgan fingerprint density at radius 2 is 1.97 bits per heavy atom. The topological polar surface area (TPSA) is 145 Å². The van der Waals surface area contributed by atoms with Gasteiger partial charge in [-0.15, -0.1) is 0 Å². The number of aliphatic hydroxyl groups excluding tert-OH is 1. The van der Waals surface area contributed by atoms with E-state index >= 15 is 0 Å². The van der Waals surface area contributed by atoms with E-state index in [4.69, 9.17) is 16.2 Å². The maximum Gasteiger partial charge on any atom is 0.165 e. The van der Waals surface area contributed by atoms with E-state index < -0.39 is 29.9 Å². The number of nitrogens with two attached hydrogens (primary N) is 2. The largest absolute Gasteiger partial charge is 0.385 e. The van der Waals surface area contributed by atoms with Crippen LogP contribution in [0.4, 0.5) is 16.0 Å². The van der Waals surface area contributed by atoms with Gasteiger partial charge in [-0.05, 0) is 67.2 Å². The summed E-state index contributed by atoms with van der Waals surface area (Å²) >= 11 is 0. The summed E-state index contributed by atoms with van der Waals surface area (Å²) in [7, 11) is 0. The normalized spacial score (nSPS) is 29.9. The zero-order valence-electron chi connectivity index (χ0n) is 19.5. The van der Waals surface area contributed by atoms with Crippen LogP contribution in [0.25, 0.3) is 21.9 Å². The zero-order valence-corrected chi connectivity index (χ0v) is 19.5. The van der Waals surface area contributed by atoms with Crippen LogP contribution in [-0.4, -0.2) is 47.5 Å². The smallest absolute Gasteiger partial charge is 0.165 e. The minimum Gasteiger partial charge on any atom is -0.385 e. The van der Waals surface area contributed by atoms with Crippen LogP contribution in [0.1, 0.15) is 49.0 Å². The number of aliphatic hydroxyl groups is 2. The van der Waals surface area contributed by atoms with Gasteiger partial charge in [0.05, 0.1) is 17.0 Å². The number of halogens is 1. The van der Waals surface area contributed by atoms with Crippen LogP contribution in [0.3, 0.4) is 0 Å². The Hall–Kier alpha value is -3.34. The SMILES string of the molecule is Nc1nc2cc(C[C@@H]3CC[C@@]4(O)[C@@H]3O[C@@H](n3cc(C5CC5)c5c(N)ncnc53)[C@@H]4O)ccc2cc1F. The molecule has 7 rings (SSSR count). The zero-order chi connectivity index (χ0) is 24.8. The minimum absolute atomic E-state index is 0.0191. The van der Waals surface area contributed by atoms with Crippen LogP contribution < -0.4 is 11.5 Å². The third-order valence-corrected chi connectivity index (χ3v) is 8.22. The lowest BCUT2D eigenvalue weighted by atomic mass is 9.90. The van der Waals surface area contributed by atoms with Crippen molar-refractivity contribution in [2.45, 2.75) is 62.1 Å². The number of rotatable bonds is 4. The van der Waals surface area contributed by atoms with Crippen molar-refractivity contribution in [2.24, 2.45) is 5.92 Å². The molecule has 9 nitrogen and oxygen atoms in total. The van der Waals surface area contributed by atoms with Crippen molar-refractivity contribution in [3.05, 3.63) is 53.7 Å². The second-order valence-corrected chi connectivity index (χ2v) is 10.5. The number of nitrogen functional groups attached to an aromatic ring is 2. The van der Waals surface area contributed by atoms with Gasteiger partial charge in [0.1, 0.15) is 29.5 Å². The second kappa shape index (κ2) is 7.58. The average molecular weight is 491 g/mol. The molecule has 0 amide bonds. The molecule has 5 atom stereocenters. The Bertz CT molecular complexity index is 1520. The van der Waals surface area contributed by atoms with E-state index in [0.29, 0.717) is 47.5 Å². The van der Waals surface area contributed by atoms with Crippen molar-refractivity contribution in [2.75, 3.05) is 11.5 Å². The highest BCUT2D eigenvalue weighted by Gasteiger charge is 2.61. The minimum atomic E-state index is -1.37. The number of fused-ring (bicyclic) bond motifs is 3. The molecule has 186 valence electrons. The highest BCUT2D eigenvalue weighted by atomic mass is 19.1. The third kappa shape index (κ3) is 3.14. The van der Waals surface area contributed by atoms with E-state index in [-0.39, 0.29) is 11.7 Å². The van der Waals surface area contributed by atoms with Gasteiger partial charge in [0.15, 0.2) is 17.9 Å². The summed E-state index contributed by atoms with van der Waals surface area (Å²) in [5.41, 5.74) is 13.8. The molecule has 4 aromatic rings. The van der Waals surface area contributed by atoms with Crippen molar-refractivity contribution >= 4 is 33.6 Å². The van der Waals surface area contributed by atoms with E-state index in [1.54, 1.807) is 0 Å². The van der Waals surface area contributed by atoms with E-state index in [1.165, 1.54) is 12.4 Å². The number of anilines is 2. The van der Waals surface area contributed by atoms with Gasteiger partial charge < -0.3 is 31.0 Å². The summed E-state index contributed by atoms with van der Waals surface area (Å²) < 4.78 is 22.0. The fourth-order valence-electron chi connectivity index (χ4n) is 6.23. The van der Waals surface area contributed by atoms with Crippen molar-refractivity contribution in [3.63, 3.8) is 0 Å². The number of hydrogen-bond acceptors (Lipinski definition) is 8. The number of benzene rings is 1. The number of nitrogens with zero attached hydrogens (tertiary/aromatic N) is 4. The molecule has 0 spiro atoms. The lowest BCUT2D eigenvalue weighted by Crippen LogP contribution is -2.45. The van der Waals surface area contributed by atoms with Crippen molar-refractivity contribution < 1.29 is 19.3 Å². The fourth-order valence-corrected chi connectivity index (χ4v) is 6.23. The molecule has 1 saturated heterocycles. The Morgan fingerprint density at radius 3 is 2.78 bits per heavy atom. The Balaban J connectivity index is 1.20. The van der Waals surface area contributed by atoms with E-state index in [0.717, 1.165) is 29.4 Å².